The number of hydrogen-bond donors (Lipinski definition) is 5. The zero-order chi connectivity index (χ0) is 15.2. The molecule has 0 radical (unpaired) electrons. The van der Waals surface area contributed by atoms with Gasteiger partial charge in [-0.3, -0.25) is 5.41 Å². The van der Waals surface area contributed by atoms with Gasteiger partial charge in [0.2, 0.25) is 0 Å². The zero-order valence-electron chi connectivity index (χ0n) is 11.4. The summed E-state index contributed by atoms with van der Waals surface area (Å²) in [7, 11) is 0. The van der Waals surface area contributed by atoms with E-state index in [-0.39, 0.29) is 11.8 Å². The molecule has 9 heteroatoms. The molecule has 0 aromatic carbocycles. The molecule has 3 nitrogen and oxygen atoms in total. The summed E-state index contributed by atoms with van der Waals surface area (Å²) in [5, 5.41) is 17.4. The Morgan fingerprint density at radius 3 is 2.30 bits per heavy atom. The van der Waals surface area contributed by atoms with E-state index in [0.717, 1.165) is 40.3 Å². The van der Waals surface area contributed by atoms with Gasteiger partial charge >= 0.3 is 0 Å². The second-order valence-corrected chi connectivity index (χ2v) is 9.59. The predicted octanol–water partition coefficient (Wildman–Crippen LogP) is 2.40. The molecule has 20 heavy (non-hydrogen) atoms. The summed E-state index contributed by atoms with van der Waals surface area (Å²) in [4.78, 5) is 0. The molecule has 0 rings (SSSR count). The van der Waals surface area contributed by atoms with Gasteiger partial charge in [0.15, 0.2) is 5.17 Å². The number of thiol groups is 2. The molecule has 2 atom stereocenters. The summed E-state index contributed by atoms with van der Waals surface area (Å²) in [5.41, 5.74) is 5.38. The molecule has 0 aromatic heterocycles. The minimum Gasteiger partial charge on any atom is -0.396 e. The molecule has 0 saturated heterocycles. The first kappa shape index (κ1) is 21.5. The predicted molar refractivity (Wildman–Crippen MR) is 109 cm³/mol. The highest BCUT2D eigenvalue weighted by Crippen LogP contribution is 2.24. The number of amidine groups is 1. The Morgan fingerprint density at radius 1 is 1.10 bits per heavy atom. The number of aliphatic hydroxyl groups is 1. The fourth-order valence-corrected chi connectivity index (χ4v) is 6.64. The second kappa shape index (κ2) is 15.4. The average Bonchev–Trinajstić information content (AvgIpc) is 2.44. The van der Waals surface area contributed by atoms with Gasteiger partial charge in [0.05, 0.1) is 6.61 Å². The summed E-state index contributed by atoms with van der Waals surface area (Å²) in [6.07, 6.45) is 0. The van der Waals surface area contributed by atoms with Crippen LogP contribution in [0.5, 0.6) is 0 Å². The van der Waals surface area contributed by atoms with Crippen LogP contribution in [-0.4, -0.2) is 67.7 Å². The van der Waals surface area contributed by atoms with Crippen LogP contribution < -0.4 is 5.73 Å². The quantitative estimate of drug-likeness (QED) is 0.188. The van der Waals surface area contributed by atoms with Gasteiger partial charge in [0.1, 0.15) is 0 Å². The second-order valence-electron chi connectivity index (χ2n) is 3.83. The Morgan fingerprint density at radius 2 is 1.75 bits per heavy atom. The van der Waals surface area contributed by atoms with Crippen LogP contribution in [0.3, 0.4) is 0 Å². The number of nitrogens with one attached hydrogen (secondary N) is 1. The van der Waals surface area contributed by atoms with Crippen molar-refractivity contribution in [1.29, 1.82) is 5.41 Å². The van der Waals surface area contributed by atoms with Crippen molar-refractivity contribution in [3.05, 3.63) is 0 Å². The lowest BCUT2D eigenvalue weighted by Crippen LogP contribution is -2.18. The van der Waals surface area contributed by atoms with E-state index in [1.165, 1.54) is 11.8 Å². The number of nitrogens with two attached hydrogens (primary N) is 1. The van der Waals surface area contributed by atoms with Crippen molar-refractivity contribution in [3.63, 3.8) is 0 Å². The summed E-state index contributed by atoms with van der Waals surface area (Å²) >= 11 is 15.6. The normalized spacial score (nSPS) is 14.2. The smallest absolute Gasteiger partial charge is 0.151 e. The van der Waals surface area contributed by atoms with Crippen LogP contribution in [0.15, 0.2) is 0 Å². The van der Waals surface area contributed by atoms with Crippen LogP contribution >= 0.6 is 72.3 Å². The number of thioether (sulfide) groups is 4. The minimum absolute atomic E-state index is 0.169. The lowest BCUT2D eigenvalue weighted by atomic mass is 10.5. The highest BCUT2D eigenvalue weighted by atomic mass is 32.2. The summed E-state index contributed by atoms with van der Waals surface area (Å²) in [5.74, 6) is 6.56. The van der Waals surface area contributed by atoms with E-state index in [4.69, 9.17) is 16.2 Å². The lowest BCUT2D eigenvalue weighted by molar-refractivity contribution is 0.322. The van der Waals surface area contributed by atoms with Crippen LogP contribution in [0.4, 0.5) is 0 Å². The minimum atomic E-state index is 0.169. The SMILES string of the molecule is N=C(N)SCC(CSCC(CS)SCCS)SCCO. The van der Waals surface area contributed by atoms with Gasteiger partial charge in [-0.05, 0) is 5.75 Å². The number of hydrogen-bond acceptors (Lipinski definition) is 8. The fraction of sp³-hybridized carbons (Fsp3) is 0.909. The Balaban J connectivity index is 3.93. The maximum Gasteiger partial charge on any atom is 0.151 e. The maximum atomic E-state index is 8.92. The molecule has 0 amide bonds. The van der Waals surface area contributed by atoms with Crippen LogP contribution in [0.1, 0.15) is 0 Å². The van der Waals surface area contributed by atoms with Crippen molar-refractivity contribution >= 4 is 77.5 Å². The van der Waals surface area contributed by atoms with Crippen LogP contribution in [-0.2, 0) is 0 Å². The first-order chi connectivity index (χ1) is 9.63. The molecule has 0 bridgehead atoms. The van der Waals surface area contributed by atoms with Gasteiger partial charge in [-0.25, -0.2) is 0 Å². The first-order valence-electron chi connectivity index (χ1n) is 6.24. The van der Waals surface area contributed by atoms with E-state index in [1.807, 2.05) is 23.5 Å². The van der Waals surface area contributed by atoms with Crippen molar-refractivity contribution < 1.29 is 5.11 Å². The van der Waals surface area contributed by atoms with Gasteiger partial charge in [-0.15, -0.1) is 0 Å². The monoisotopic (exact) mass is 392 g/mol. The third-order valence-corrected chi connectivity index (χ3v) is 8.60. The molecular weight excluding hydrogens is 369 g/mol. The van der Waals surface area contributed by atoms with Gasteiger partial charge in [-0.2, -0.15) is 60.5 Å². The largest absolute Gasteiger partial charge is 0.396 e. The molecule has 0 heterocycles. The van der Waals surface area contributed by atoms with E-state index >= 15 is 0 Å². The third-order valence-electron chi connectivity index (χ3n) is 2.13. The van der Waals surface area contributed by atoms with Crippen molar-refractivity contribution in [2.45, 2.75) is 10.5 Å². The zero-order valence-corrected chi connectivity index (χ0v) is 16.4. The van der Waals surface area contributed by atoms with Gasteiger partial charge in [0.25, 0.3) is 0 Å². The highest BCUT2D eigenvalue weighted by Gasteiger charge is 2.13. The van der Waals surface area contributed by atoms with Crippen molar-refractivity contribution in [3.8, 4) is 0 Å². The Bertz CT molecular complexity index is 247. The number of rotatable bonds is 13. The molecule has 2 unspecified atom stereocenters. The van der Waals surface area contributed by atoms with E-state index in [2.05, 4.69) is 25.3 Å². The summed E-state index contributed by atoms with van der Waals surface area (Å²) < 4.78 is 0. The van der Waals surface area contributed by atoms with E-state index in [9.17, 15) is 0 Å². The Labute approximate surface area is 150 Å². The standard InChI is InChI=1S/C11H24N2OS6/c12-11(13)20-8-10(18-3-1-14)7-17-6-9(5-16)19-4-2-15/h9-10,14-16H,1-8H2,(H3,12,13). The topological polar surface area (TPSA) is 70.1 Å². The third kappa shape index (κ3) is 13.2. The highest BCUT2D eigenvalue weighted by molar-refractivity contribution is 8.14. The molecule has 4 N–H and O–H groups in total. The molecule has 0 aliphatic rings. The summed E-state index contributed by atoms with van der Waals surface area (Å²) in [6, 6.07) is 0. The molecule has 0 aliphatic carbocycles. The van der Waals surface area contributed by atoms with Crippen molar-refractivity contribution in [1.82, 2.24) is 0 Å². The number of aliphatic hydroxyl groups excluding tert-OH is 1. The first-order valence-corrected chi connectivity index (χ1v) is 11.7. The van der Waals surface area contributed by atoms with Crippen LogP contribution in [0.2, 0.25) is 0 Å². The van der Waals surface area contributed by atoms with Crippen LogP contribution in [0.25, 0.3) is 0 Å². The maximum absolute atomic E-state index is 8.92. The molecule has 0 spiro atoms. The van der Waals surface area contributed by atoms with Crippen LogP contribution in [0, 0.1) is 5.41 Å². The average molecular weight is 393 g/mol. The fourth-order valence-electron chi connectivity index (χ4n) is 1.25. The van der Waals surface area contributed by atoms with Crippen molar-refractivity contribution in [2.75, 3.05) is 46.9 Å². The van der Waals surface area contributed by atoms with Crippen molar-refractivity contribution in [2.24, 2.45) is 5.73 Å². The van der Waals surface area contributed by atoms with E-state index < -0.39 is 0 Å². The Hall–Kier alpha value is 1.53. The van der Waals surface area contributed by atoms with Gasteiger partial charge in [0, 0.05) is 45.0 Å². The molecule has 0 saturated carbocycles. The van der Waals surface area contributed by atoms with E-state index in [0.29, 0.717) is 10.5 Å². The molecule has 0 aromatic rings. The Kier molecular flexibility index (Phi) is 16.6. The van der Waals surface area contributed by atoms with Gasteiger partial charge in [-0.1, -0.05) is 11.8 Å². The van der Waals surface area contributed by atoms with E-state index in [1.54, 1.807) is 11.8 Å². The van der Waals surface area contributed by atoms with Gasteiger partial charge < -0.3 is 10.8 Å². The molecule has 0 aliphatic heterocycles. The lowest BCUT2D eigenvalue weighted by Gasteiger charge is -2.17. The summed E-state index contributed by atoms with van der Waals surface area (Å²) in [6.45, 7) is 0.202. The molecule has 120 valence electrons. The molecular formula is C11H24N2OS6. The molecule has 0 fully saturated rings.